The van der Waals surface area contributed by atoms with Crippen molar-refractivity contribution in [1.29, 1.82) is 0 Å². The van der Waals surface area contributed by atoms with Gasteiger partial charge in [-0.3, -0.25) is 4.79 Å². The first-order valence-electron chi connectivity index (χ1n) is 5.99. The van der Waals surface area contributed by atoms with Crippen molar-refractivity contribution in [2.24, 2.45) is 0 Å². The minimum absolute atomic E-state index is 0.0835. The van der Waals surface area contributed by atoms with E-state index in [1.807, 2.05) is 6.08 Å². The van der Waals surface area contributed by atoms with Gasteiger partial charge in [-0.05, 0) is 31.1 Å². The lowest BCUT2D eigenvalue weighted by atomic mass is 10.2. The molecule has 0 aliphatic carbocycles. The van der Waals surface area contributed by atoms with Crippen molar-refractivity contribution in [3.05, 3.63) is 36.4 Å². The van der Waals surface area contributed by atoms with Gasteiger partial charge in [-0.1, -0.05) is 38.0 Å². The number of para-hydroxylation sites is 2. The number of benzene rings is 1. The Balaban J connectivity index is 2.37. The Morgan fingerprint density at radius 2 is 2.12 bits per heavy atom. The Hall–Kier alpha value is -1.77. The topological polar surface area (TPSA) is 49.3 Å². The number of hydrogen-bond acceptors (Lipinski definition) is 2. The predicted molar refractivity (Wildman–Crippen MR) is 70.0 cm³/mol. The molecule has 0 spiro atoms. The second-order valence-electron chi connectivity index (χ2n) is 3.90. The molecule has 0 atom stereocenters. The summed E-state index contributed by atoms with van der Waals surface area (Å²) in [6.45, 7) is 2.15. The van der Waals surface area contributed by atoms with Gasteiger partial charge in [0.25, 0.3) is 0 Å². The molecule has 1 aromatic carbocycles. The maximum atomic E-state index is 11.5. The van der Waals surface area contributed by atoms with Crippen LogP contribution in [0.1, 0.15) is 32.6 Å². The standard InChI is InChI=1S/C14H19NO2/c1-2-3-4-5-6-11-14(17)15-12-9-7-8-10-13(12)16/h6-11,16H,2-5H2,1H3,(H,15,17)/b11-6+. The van der Waals surface area contributed by atoms with Crippen LogP contribution in [0.4, 0.5) is 5.69 Å². The molecule has 1 aromatic rings. The molecule has 0 aliphatic rings. The van der Waals surface area contributed by atoms with Crippen LogP contribution in [0.2, 0.25) is 0 Å². The van der Waals surface area contributed by atoms with E-state index in [0.717, 1.165) is 12.8 Å². The van der Waals surface area contributed by atoms with E-state index < -0.39 is 0 Å². The van der Waals surface area contributed by atoms with Crippen molar-refractivity contribution in [1.82, 2.24) is 0 Å². The fourth-order valence-corrected chi connectivity index (χ4v) is 1.46. The number of anilines is 1. The van der Waals surface area contributed by atoms with Crippen molar-refractivity contribution in [2.45, 2.75) is 32.6 Å². The SMILES string of the molecule is CCCCC/C=C/C(=O)Nc1ccccc1O. The lowest BCUT2D eigenvalue weighted by Crippen LogP contribution is -2.07. The number of allylic oxidation sites excluding steroid dienone is 1. The first-order chi connectivity index (χ1) is 8.24. The molecule has 0 heterocycles. The maximum absolute atomic E-state index is 11.5. The zero-order chi connectivity index (χ0) is 12.5. The third-order valence-corrected chi connectivity index (χ3v) is 2.41. The summed E-state index contributed by atoms with van der Waals surface area (Å²) in [6, 6.07) is 6.69. The molecule has 0 aliphatic heterocycles. The average molecular weight is 233 g/mol. The number of carbonyl (C=O) groups is 1. The summed E-state index contributed by atoms with van der Waals surface area (Å²) in [7, 11) is 0. The Morgan fingerprint density at radius 3 is 2.82 bits per heavy atom. The molecule has 2 N–H and O–H groups in total. The number of phenolic OH excluding ortho intramolecular Hbond substituents is 1. The molecule has 0 unspecified atom stereocenters. The molecule has 92 valence electrons. The van der Waals surface area contributed by atoms with Gasteiger partial charge in [-0.2, -0.15) is 0 Å². The van der Waals surface area contributed by atoms with Gasteiger partial charge < -0.3 is 10.4 Å². The van der Waals surface area contributed by atoms with Gasteiger partial charge in [0.1, 0.15) is 5.75 Å². The van der Waals surface area contributed by atoms with E-state index in [0.29, 0.717) is 5.69 Å². The fraction of sp³-hybridized carbons (Fsp3) is 0.357. The van der Waals surface area contributed by atoms with E-state index in [9.17, 15) is 9.90 Å². The minimum Gasteiger partial charge on any atom is -0.506 e. The number of carbonyl (C=O) groups excluding carboxylic acids is 1. The van der Waals surface area contributed by atoms with E-state index in [4.69, 9.17) is 0 Å². The van der Waals surface area contributed by atoms with Gasteiger partial charge in [0.05, 0.1) is 5.69 Å². The van der Waals surface area contributed by atoms with Gasteiger partial charge in [0.15, 0.2) is 0 Å². The molecular formula is C14H19NO2. The number of nitrogens with one attached hydrogen (secondary N) is 1. The Kier molecular flexibility index (Phi) is 5.86. The van der Waals surface area contributed by atoms with Gasteiger partial charge >= 0.3 is 0 Å². The van der Waals surface area contributed by atoms with Crippen LogP contribution in [0.25, 0.3) is 0 Å². The zero-order valence-corrected chi connectivity index (χ0v) is 10.1. The van der Waals surface area contributed by atoms with E-state index in [1.54, 1.807) is 24.3 Å². The van der Waals surface area contributed by atoms with Crippen LogP contribution in [0.5, 0.6) is 5.75 Å². The number of aromatic hydroxyl groups is 1. The normalized spacial score (nSPS) is 10.6. The fourth-order valence-electron chi connectivity index (χ4n) is 1.46. The van der Waals surface area contributed by atoms with Crippen LogP contribution in [0.3, 0.4) is 0 Å². The summed E-state index contributed by atoms with van der Waals surface area (Å²) >= 11 is 0. The summed E-state index contributed by atoms with van der Waals surface area (Å²) < 4.78 is 0. The van der Waals surface area contributed by atoms with Gasteiger partial charge in [-0.15, -0.1) is 0 Å². The van der Waals surface area contributed by atoms with E-state index in [1.165, 1.54) is 18.9 Å². The number of hydrogen-bond donors (Lipinski definition) is 2. The quantitative estimate of drug-likeness (QED) is 0.449. The molecule has 1 amide bonds. The second kappa shape index (κ2) is 7.49. The maximum Gasteiger partial charge on any atom is 0.248 e. The van der Waals surface area contributed by atoms with E-state index in [-0.39, 0.29) is 11.7 Å². The number of phenols is 1. The summed E-state index contributed by atoms with van der Waals surface area (Å²) in [5.74, 6) is -0.122. The Morgan fingerprint density at radius 1 is 1.35 bits per heavy atom. The predicted octanol–water partition coefficient (Wildman–Crippen LogP) is 3.47. The summed E-state index contributed by atoms with van der Waals surface area (Å²) in [5.41, 5.74) is 0.440. The lowest BCUT2D eigenvalue weighted by Gasteiger charge is -2.03. The molecule has 0 saturated carbocycles. The van der Waals surface area contributed by atoms with Crippen LogP contribution < -0.4 is 5.32 Å². The van der Waals surface area contributed by atoms with Crippen molar-refractivity contribution in [2.75, 3.05) is 5.32 Å². The molecule has 3 nitrogen and oxygen atoms in total. The van der Waals surface area contributed by atoms with Crippen molar-refractivity contribution in [3.63, 3.8) is 0 Å². The summed E-state index contributed by atoms with van der Waals surface area (Å²) in [5, 5.41) is 12.1. The first-order valence-corrected chi connectivity index (χ1v) is 5.99. The van der Waals surface area contributed by atoms with Gasteiger partial charge in [-0.25, -0.2) is 0 Å². The Bertz CT molecular complexity index is 386. The highest BCUT2D eigenvalue weighted by Gasteiger charge is 2.01. The van der Waals surface area contributed by atoms with Crippen molar-refractivity contribution < 1.29 is 9.90 Å². The van der Waals surface area contributed by atoms with E-state index in [2.05, 4.69) is 12.2 Å². The average Bonchev–Trinajstić information content (AvgIpc) is 2.32. The highest BCUT2D eigenvalue weighted by atomic mass is 16.3. The smallest absolute Gasteiger partial charge is 0.248 e. The number of unbranched alkanes of at least 4 members (excludes halogenated alkanes) is 3. The van der Waals surface area contributed by atoms with Crippen LogP contribution in [0, 0.1) is 0 Å². The lowest BCUT2D eigenvalue weighted by molar-refractivity contribution is -0.111. The van der Waals surface area contributed by atoms with Gasteiger partial charge in [0.2, 0.25) is 5.91 Å². The molecule has 0 bridgehead atoms. The number of rotatable bonds is 6. The van der Waals surface area contributed by atoms with Crippen LogP contribution in [-0.4, -0.2) is 11.0 Å². The van der Waals surface area contributed by atoms with Crippen molar-refractivity contribution in [3.8, 4) is 5.75 Å². The Labute approximate surface area is 102 Å². The largest absolute Gasteiger partial charge is 0.506 e. The molecule has 0 fully saturated rings. The second-order valence-corrected chi connectivity index (χ2v) is 3.90. The minimum atomic E-state index is -0.206. The number of amides is 1. The molecular weight excluding hydrogens is 214 g/mol. The molecule has 0 radical (unpaired) electrons. The zero-order valence-electron chi connectivity index (χ0n) is 10.1. The van der Waals surface area contributed by atoms with E-state index >= 15 is 0 Å². The molecule has 17 heavy (non-hydrogen) atoms. The third kappa shape index (κ3) is 5.20. The molecule has 0 saturated heterocycles. The van der Waals surface area contributed by atoms with Crippen molar-refractivity contribution >= 4 is 11.6 Å². The third-order valence-electron chi connectivity index (χ3n) is 2.41. The monoisotopic (exact) mass is 233 g/mol. The molecule has 1 rings (SSSR count). The first kappa shape index (κ1) is 13.3. The highest BCUT2D eigenvalue weighted by Crippen LogP contribution is 2.21. The summed E-state index contributed by atoms with van der Waals surface area (Å²) in [4.78, 5) is 11.5. The molecule has 0 aromatic heterocycles. The van der Waals surface area contributed by atoms with Crippen LogP contribution >= 0.6 is 0 Å². The molecule has 3 heteroatoms. The van der Waals surface area contributed by atoms with Crippen LogP contribution in [0.15, 0.2) is 36.4 Å². The highest BCUT2D eigenvalue weighted by molar-refractivity contribution is 6.00. The summed E-state index contributed by atoms with van der Waals surface area (Å²) in [6.07, 6.45) is 7.77. The van der Waals surface area contributed by atoms with Crippen LogP contribution in [-0.2, 0) is 4.79 Å². The van der Waals surface area contributed by atoms with Gasteiger partial charge in [0, 0.05) is 0 Å².